The first-order chi connectivity index (χ1) is 14.5. The molecule has 0 spiro atoms. The smallest absolute Gasteiger partial charge is 0.242 e. The first-order valence-electron chi connectivity index (χ1n) is 10.4. The fourth-order valence-electron chi connectivity index (χ4n) is 3.05. The van der Waals surface area contributed by atoms with Crippen LogP contribution in [0.4, 0.5) is 0 Å². The van der Waals surface area contributed by atoms with Crippen molar-refractivity contribution >= 4 is 35.2 Å². The van der Waals surface area contributed by atoms with Gasteiger partial charge in [0.05, 0.1) is 5.75 Å². The van der Waals surface area contributed by atoms with E-state index in [0.29, 0.717) is 36.0 Å². The van der Waals surface area contributed by atoms with Crippen molar-refractivity contribution in [1.29, 1.82) is 0 Å². The summed E-state index contributed by atoms with van der Waals surface area (Å²) in [5.41, 5.74) is 2.16. The quantitative estimate of drug-likeness (QED) is 0.469. The molecule has 2 rings (SSSR count). The molecule has 2 aromatic rings. The van der Waals surface area contributed by atoms with Crippen LogP contribution >= 0.6 is 23.4 Å². The van der Waals surface area contributed by atoms with Gasteiger partial charge in [-0.1, -0.05) is 73.5 Å². The maximum Gasteiger partial charge on any atom is 0.242 e. The van der Waals surface area contributed by atoms with Crippen LogP contribution in [0.25, 0.3) is 0 Å². The highest BCUT2D eigenvalue weighted by Gasteiger charge is 2.25. The number of nitrogens with one attached hydrogen (secondary N) is 1. The van der Waals surface area contributed by atoms with Gasteiger partial charge in [0.25, 0.3) is 0 Å². The van der Waals surface area contributed by atoms with Crippen molar-refractivity contribution in [2.24, 2.45) is 0 Å². The average molecular weight is 447 g/mol. The van der Waals surface area contributed by atoms with E-state index in [1.807, 2.05) is 61.5 Å². The number of hydrogen-bond acceptors (Lipinski definition) is 3. The van der Waals surface area contributed by atoms with Crippen molar-refractivity contribution in [3.05, 3.63) is 70.7 Å². The number of carbonyl (C=O) groups excluding carboxylic acids is 2. The van der Waals surface area contributed by atoms with E-state index in [1.165, 1.54) is 11.8 Å². The third kappa shape index (κ3) is 8.04. The number of amides is 2. The maximum atomic E-state index is 13.0. The van der Waals surface area contributed by atoms with Crippen LogP contribution in [0.15, 0.2) is 54.6 Å². The standard InChI is InChI=1S/C24H31ClN2O2S/c1-3-4-15-26-24(29)19(2)27(16-14-20-10-6-5-7-11-20)23(28)18-30-17-21-12-8-9-13-22(21)25/h5-13,19H,3-4,14-18H2,1-2H3,(H,26,29)/t19-/m1/s1. The predicted octanol–water partition coefficient (Wildman–Crippen LogP) is 4.95. The Morgan fingerprint density at radius 1 is 1.10 bits per heavy atom. The van der Waals surface area contributed by atoms with Gasteiger partial charge in [-0.25, -0.2) is 0 Å². The normalized spacial score (nSPS) is 11.7. The lowest BCUT2D eigenvalue weighted by Crippen LogP contribution is -2.49. The Kier molecular flexibility index (Phi) is 10.8. The van der Waals surface area contributed by atoms with E-state index in [-0.39, 0.29) is 11.8 Å². The highest BCUT2D eigenvalue weighted by Crippen LogP contribution is 2.21. The number of unbranched alkanes of at least 4 members (excludes halogenated alkanes) is 1. The first kappa shape index (κ1) is 24.3. The Morgan fingerprint density at radius 3 is 2.50 bits per heavy atom. The van der Waals surface area contributed by atoms with E-state index in [4.69, 9.17) is 11.6 Å². The summed E-state index contributed by atoms with van der Waals surface area (Å²) in [4.78, 5) is 27.3. The lowest BCUT2D eigenvalue weighted by Gasteiger charge is -2.28. The molecule has 0 aromatic heterocycles. The van der Waals surface area contributed by atoms with Crippen molar-refractivity contribution in [2.45, 2.75) is 44.9 Å². The van der Waals surface area contributed by atoms with Crippen LogP contribution in [-0.4, -0.2) is 41.6 Å². The molecule has 6 heteroatoms. The van der Waals surface area contributed by atoms with E-state index in [9.17, 15) is 9.59 Å². The summed E-state index contributed by atoms with van der Waals surface area (Å²) in [6.07, 6.45) is 2.67. The van der Waals surface area contributed by atoms with Gasteiger partial charge in [0, 0.05) is 23.9 Å². The Morgan fingerprint density at radius 2 is 1.80 bits per heavy atom. The van der Waals surface area contributed by atoms with Crippen molar-refractivity contribution in [2.75, 3.05) is 18.8 Å². The van der Waals surface area contributed by atoms with Gasteiger partial charge in [0.15, 0.2) is 0 Å². The molecule has 0 unspecified atom stereocenters. The maximum absolute atomic E-state index is 13.0. The van der Waals surface area contributed by atoms with Crippen LogP contribution in [0.1, 0.15) is 37.8 Å². The predicted molar refractivity (Wildman–Crippen MR) is 127 cm³/mol. The molecular weight excluding hydrogens is 416 g/mol. The zero-order valence-electron chi connectivity index (χ0n) is 17.8. The number of hydrogen-bond donors (Lipinski definition) is 1. The molecule has 0 fully saturated rings. The van der Waals surface area contributed by atoms with Gasteiger partial charge in [-0.15, -0.1) is 11.8 Å². The van der Waals surface area contributed by atoms with E-state index < -0.39 is 6.04 Å². The molecule has 0 radical (unpaired) electrons. The van der Waals surface area contributed by atoms with Crippen LogP contribution in [0.5, 0.6) is 0 Å². The summed E-state index contributed by atoms with van der Waals surface area (Å²) in [7, 11) is 0. The summed E-state index contributed by atoms with van der Waals surface area (Å²) in [6.45, 7) is 5.05. The van der Waals surface area contributed by atoms with E-state index in [0.717, 1.165) is 24.0 Å². The Balaban J connectivity index is 1.98. The van der Waals surface area contributed by atoms with E-state index in [1.54, 1.807) is 4.90 Å². The van der Waals surface area contributed by atoms with Gasteiger partial charge in [0.2, 0.25) is 11.8 Å². The summed E-state index contributed by atoms with van der Waals surface area (Å²) in [5, 5.41) is 3.66. The number of carbonyl (C=O) groups is 2. The van der Waals surface area contributed by atoms with Gasteiger partial charge >= 0.3 is 0 Å². The third-order valence-corrected chi connectivity index (χ3v) is 6.26. The van der Waals surface area contributed by atoms with Gasteiger partial charge in [0.1, 0.15) is 6.04 Å². The van der Waals surface area contributed by atoms with Crippen molar-refractivity contribution in [3.63, 3.8) is 0 Å². The zero-order valence-corrected chi connectivity index (χ0v) is 19.3. The summed E-state index contributed by atoms with van der Waals surface area (Å²) in [5.74, 6) is 0.851. The lowest BCUT2D eigenvalue weighted by atomic mass is 10.1. The molecule has 0 saturated carbocycles. The van der Waals surface area contributed by atoms with Gasteiger partial charge in [-0.05, 0) is 37.0 Å². The first-order valence-corrected chi connectivity index (χ1v) is 12.0. The molecule has 1 atom stereocenters. The van der Waals surface area contributed by atoms with E-state index in [2.05, 4.69) is 12.2 Å². The second-order valence-corrected chi connectivity index (χ2v) is 8.62. The molecule has 4 nitrogen and oxygen atoms in total. The van der Waals surface area contributed by atoms with Crippen LogP contribution in [0.2, 0.25) is 5.02 Å². The monoisotopic (exact) mass is 446 g/mol. The Hall–Kier alpha value is -1.98. The number of rotatable bonds is 12. The van der Waals surface area contributed by atoms with Gasteiger partial charge < -0.3 is 10.2 Å². The molecule has 2 aromatic carbocycles. The molecule has 30 heavy (non-hydrogen) atoms. The van der Waals surface area contributed by atoms with Crippen molar-refractivity contribution < 1.29 is 9.59 Å². The minimum atomic E-state index is -0.501. The van der Waals surface area contributed by atoms with Crippen LogP contribution in [0, 0.1) is 0 Å². The SMILES string of the molecule is CCCCNC(=O)[C@@H](C)N(CCc1ccccc1)C(=O)CSCc1ccccc1Cl. The van der Waals surface area contributed by atoms with Crippen LogP contribution in [-0.2, 0) is 21.8 Å². The fourth-order valence-corrected chi connectivity index (χ4v) is 4.25. The Labute approximate surface area is 189 Å². The average Bonchev–Trinajstić information content (AvgIpc) is 2.76. The zero-order chi connectivity index (χ0) is 21.8. The molecule has 0 aliphatic heterocycles. The highest BCUT2D eigenvalue weighted by molar-refractivity contribution is 7.99. The third-order valence-electron chi connectivity index (χ3n) is 4.92. The highest BCUT2D eigenvalue weighted by atomic mass is 35.5. The second kappa shape index (κ2) is 13.3. The minimum absolute atomic E-state index is 0.0267. The van der Waals surface area contributed by atoms with Crippen molar-refractivity contribution in [1.82, 2.24) is 10.2 Å². The number of thioether (sulfide) groups is 1. The molecule has 0 saturated heterocycles. The minimum Gasteiger partial charge on any atom is -0.354 e. The van der Waals surface area contributed by atoms with Crippen LogP contribution in [0.3, 0.4) is 0 Å². The molecule has 1 N–H and O–H groups in total. The second-order valence-electron chi connectivity index (χ2n) is 7.23. The molecule has 0 aliphatic carbocycles. The number of nitrogens with zero attached hydrogens (tertiary/aromatic N) is 1. The molecule has 162 valence electrons. The number of benzene rings is 2. The fraction of sp³-hybridized carbons (Fsp3) is 0.417. The topological polar surface area (TPSA) is 49.4 Å². The molecule has 2 amide bonds. The van der Waals surface area contributed by atoms with Gasteiger partial charge in [-0.2, -0.15) is 0 Å². The van der Waals surface area contributed by atoms with E-state index >= 15 is 0 Å². The molecule has 0 aliphatic rings. The van der Waals surface area contributed by atoms with Crippen LogP contribution < -0.4 is 5.32 Å². The molecule has 0 bridgehead atoms. The largest absolute Gasteiger partial charge is 0.354 e. The van der Waals surface area contributed by atoms with Gasteiger partial charge in [-0.3, -0.25) is 9.59 Å². The summed E-state index contributed by atoms with van der Waals surface area (Å²) in [6, 6.07) is 17.2. The summed E-state index contributed by atoms with van der Waals surface area (Å²) < 4.78 is 0. The number of halogens is 1. The Bertz CT molecular complexity index is 801. The summed E-state index contributed by atoms with van der Waals surface area (Å²) >= 11 is 7.73. The molecular formula is C24H31ClN2O2S. The van der Waals surface area contributed by atoms with Crippen molar-refractivity contribution in [3.8, 4) is 0 Å². The lowest BCUT2D eigenvalue weighted by molar-refractivity contribution is -0.137. The molecule has 0 heterocycles.